The van der Waals surface area contributed by atoms with Gasteiger partial charge in [-0.3, -0.25) is 0 Å². The van der Waals surface area contributed by atoms with Gasteiger partial charge in [-0.15, -0.1) is 0 Å². The van der Waals surface area contributed by atoms with Crippen molar-refractivity contribution in [3.05, 3.63) is 58.6 Å². The highest BCUT2D eigenvalue weighted by Gasteiger charge is 2.33. The van der Waals surface area contributed by atoms with Gasteiger partial charge >= 0.3 is 6.18 Å². The fraction of sp³-hybridized carbons (Fsp3) is 0.143. The topological polar surface area (TPSA) is 35.2 Å². The van der Waals surface area contributed by atoms with Crippen LogP contribution in [0.1, 0.15) is 11.1 Å². The lowest BCUT2D eigenvalue weighted by molar-refractivity contribution is -0.137. The van der Waals surface area contributed by atoms with E-state index in [1.165, 1.54) is 12.1 Å². The summed E-state index contributed by atoms with van der Waals surface area (Å²) in [6.07, 6.45) is -4.50. The number of alkyl halides is 3. The van der Waals surface area contributed by atoms with E-state index in [-0.39, 0.29) is 18.0 Å². The predicted octanol–water partition coefficient (Wildman–Crippen LogP) is 4.52. The molecule has 0 saturated carbocycles. The van der Waals surface area contributed by atoms with E-state index in [2.05, 4.69) is 0 Å². The first-order chi connectivity index (χ1) is 9.36. The second kappa shape index (κ2) is 5.63. The van der Waals surface area contributed by atoms with Crippen LogP contribution in [0.25, 0.3) is 0 Å². The fourth-order valence-corrected chi connectivity index (χ4v) is 1.88. The molecule has 0 aliphatic carbocycles. The van der Waals surface area contributed by atoms with E-state index < -0.39 is 11.7 Å². The number of hydrogen-bond donors (Lipinski definition) is 1. The monoisotopic (exact) mass is 301 g/mol. The molecule has 2 rings (SSSR count). The Morgan fingerprint density at radius 3 is 2.50 bits per heavy atom. The van der Waals surface area contributed by atoms with E-state index in [0.29, 0.717) is 5.02 Å². The van der Waals surface area contributed by atoms with Gasteiger partial charge in [0.05, 0.1) is 5.56 Å². The van der Waals surface area contributed by atoms with E-state index in [9.17, 15) is 13.2 Å². The number of nitrogen functional groups attached to an aromatic ring is 1. The minimum absolute atomic E-state index is 0.103. The Hall–Kier alpha value is -1.88. The SMILES string of the molecule is Nc1ccc(OCc2cccc(Cl)c2)cc1C(F)(F)F. The van der Waals surface area contributed by atoms with Gasteiger partial charge in [0.15, 0.2) is 0 Å². The van der Waals surface area contributed by atoms with Crippen LogP contribution in [0.4, 0.5) is 18.9 Å². The zero-order chi connectivity index (χ0) is 14.8. The summed E-state index contributed by atoms with van der Waals surface area (Å²) >= 11 is 5.81. The van der Waals surface area contributed by atoms with Crippen LogP contribution in [0.3, 0.4) is 0 Å². The van der Waals surface area contributed by atoms with E-state index >= 15 is 0 Å². The summed E-state index contributed by atoms with van der Waals surface area (Å²) < 4.78 is 43.4. The van der Waals surface area contributed by atoms with Crippen molar-refractivity contribution in [2.45, 2.75) is 12.8 Å². The fourth-order valence-electron chi connectivity index (χ4n) is 1.66. The summed E-state index contributed by atoms with van der Waals surface area (Å²) in [5.41, 5.74) is 4.85. The number of rotatable bonds is 3. The van der Waals surface area contributed by atoms with Crippen LogP contribution in [0.2, 0.25) is 5.02 Å². The highest BCUT2D eigenvalue weighted by molar-refractivity contribution is 6.30. The summed E-state index contributed by atoms with van der Waals surface area (Å²) in [6.45, 7) is 0.127. The molecule has 2 aromatic carbocycles. The normalized spacial score (nSPS) is 11.4. The molecule has 0 atom stereocenters. The standard InChI is InChI=1S/C14H11ClF3NO/c15-10-3-1-2-9(6-10)8-20-11-4-5-13(19)12(7-11)14(16,17)18/h1-7H,8,19H2. The van der Waals surface area contributed by atoms with Gasteiger partial charge in [0.1, 0.15) is 12.4 Å². The highest BCUT2D eigenvalue weighted by Crippen LogP contribution is 2.35. The number of hydrogen-bond acceptors (Lipinski definition) is 2. The van der Waals surface area contributed by atoms with Gasteiger partial charge in [-0.2, -0.15) is 13.2 Å². The third-order valence-corrected chi connectivity index (χ3v) is 2.86. The third-order valence-electron chi connectivity index (χ3n) is 2.62. The van der Waals surface area contributed by atoms with Gasteiger partial charge in [-0.25, -0.2) is 0 Å². The largest absolute Gasteiger partial charge is 0.489 e. The summed E-state index contributed by atoms with van der Waals surface area (Å²) in [5, 5.41) is 0.541. The lowest BCUT2D eigenvalue weighted by Gasteiger charge is -2.12. The van der Waals surface area contributed by atoms with Gasteiger partial charge in [0.2, 0.25) is 0 Å². The predicted molar refractivity (Wildman–Crippen MR) is 71.6 cm³/mol. The second-order valence-electron chi connectivity index (χ2n) is 4.17. The van der Waals surface area contributed by atoms with Crippen LogP contribution in [0.5, 0.6) is 5.75 Å². The molecule has 0 radical (unpaired) electrons. The Balaban J connectivity index is 2.14. The molecule has 20 heavy (non-hydrogen) atoms. The van der Waals surface area contributed by atoms with Crippen molar-refractivity contribution in [1.29, 1.82) is 0 Å². The molecule has 6 heteroatoms. The van der Waals surface area contributed by atoms with Crippen LogP contribution >= 0.6 is 11.6 Å². The molecule has 0 aromatic heterocycles. The molecule has 0 saturated heterocycles. The van der Waals surface area contributed by atoms with Gasteiger partial charge in [-0.05, 0) is 35.9 Å². The van der Waals surface area contributed by atoms with Crippen LogP contribution in [0.15, 0.2) is 42.5 Å². The molecule has 2 aromatic rings. The molecule has 2 N–H and O–H groups in total. The van der Waals surface area contributed by atoms with Crippen molar-refractivity contribution in [1.82, 2.24) is 0 Å². The minimum atomic E-state index is -4.50. The van der Waals surface area contributed by atoms with Crippen molar-refractivity contribution in [2.75, 3.05) is 5.73 Å². The van der Waals surface area contributed by atoms with E-state index in [4.69, 9.17) is 22.1 Å². The van der Waals surface area contributed by atoms with Crippen LogP contribution in [-0.2, 0) is 12.8 Å². The van der Waals surface area contributed by atoms with Crippen molar-refractivity contribution in [2.24, 2.45) is 0 Å². The maximum absolute atomic E-state index is 12.7. The zero-order valence-electron chi connectivity index (χ0n) is 10.2. The van der Waals surface area contributed by atoms with E-state index in [0.717, 1.165) is 11.6 Å². The number of nitrogens with two attached hydrogens (primary N) is 1. The molecule has 0 bridgehead atoms. The van der Waals surface area contributed by atoms with Crippen molar-refractivity contribution < 1.29 is 17.9 Å². The smallest absolute Gasteiger partial charge is 0.418 e. The Morgan fingerprint density at radius 1 is 1.10 bits per heavy atom. The number of ether oxygens (including phenoxy) is 1. The summed E-state index contributed by atoms with van der Waals surface area (Å²) in [6, 6.07) is 10.4. The van der Waals surface area contributed by atoms with Gasteiger partial charge in [-0.1, -0.05) is 23.7 Å². The molecule has 106 valence electrons. The number of benzene rings is 2. The Labute approximate surface area is 118 Å². The Bertz CT molecular complexity index is 614. The maximum atomic E-state index is 12.7. The van der Waals surface area contributed by atoms with Crippen molar-refractivity contribution in [3.63, 3.8) is 0 Å². The zero-order valence-corrected chi connectivity index (χ0v) is 11.0. The van der Waals surface area contributed by atoms with Crippen LogP contribution in [0, 0.1) is 0 Å². The van der Waals surface area contributed by atoms with Gasteiger partial charge in [0, 0.05) is 10.7 Å². The first-order valence-corrected chi connectivity index (χ1v) is 6.08. The maximum Gasteiger partial charge on any atom is 0.418 e. The first-order valence-electron chi connectivity index (χ1n) is 5.70. The molecule has 0 aliphatic heterocycles. The molecular formula is C14H11ClF3NO. The lowest BCUT2D eigenvalue weighted by Crippen LogP contribution is -2.09. The molecule has 0 heterocycles. The quantitative estimate of drug-likeness (QED) is 0.846. The van der Waals surface area contributed by atoms with Crippen molar-refractivity contribution >= 4 is 17.3 Å². The summed E-state index contributed by atoms with van der Waals surface area (Å²) in [4.78, 5) is 0. The average molecular weight is 302 g/mol. The molecule has 0 spiro atoms. The molecule has 0 unspecified atom stereocenters. The lowest BCUT2D eigenvalue weighted by atomic mass is 10.1. The molecule has 0 fully saturated rings. The van der Waals surface area contributed by atoms with Crippen LogP contribution in [-0.4, -0.2) is 0 Å². The number of anilines is 1. The third kappa shape index (κ3) is 3.57. The van der Waals surface area contributed by atoms with Gasteiger partial charge < -0.3 is 10.5 Å². The number of halogens is 4. The van der Waals surface area contributed by atoms with E-state index in [1.807, 2.05) is 0 Å². The molecular weight excluding hydrogens is 291 g/mol. The van der Waals surface area contributed by atoms with Gasteiger partial charge in [0.25, 0.3) is 0 Å². The molecule has 2 nitrogen and oxygen atoms in total. The first kappa shape index (κ1) is 14.5. The molecule has 0 aliphatic rings. The minimum Gasteiger partial charge on any atom is -0.489 e. The Kier molecular flexibility index (Phi) is 4.09. The highest BCUT2D eigenvalue weighted by atomic mass is 35.5. The molecule has 0 amide bonds. The summed E-state index contributed by atoms with van der Waals surface area (Å²) in [5.74, 6) is 0.103. The average Bonchev–Trinajstić information content (AvgIpc) is 2.36. The van der Waals surface area contributed by atoms with E-state index in [1.54, 1.807) is 24.3 Å². The second-order valence-corrected chi connectivity index (χ2v) is 4.60. The van der Waals surface area contributed by atoms with Crippen molar-refractivity contribution in [3.8, 4) is 5.75 Å². The Morgan fingerprint density at radius 2 is 1.85 bits per heavy atom. The summed E-state index contributed by atoms with van der Waals surface area (Å²) in [7, 11) is 0. The van der Waals surface area contributed by atoms with Crippen LogP contribution < -0.4 is 10.5 Å².